The van der Waals surface area contributed by atoms with Crippen molar-refractivity contribution in [1.29, 1.82) is 0 Å². The molecule has 5 rings (SSSR count). The molecule has 1 atom stereocenters. The van der Waals surface area contributed by atoms with Crippen LogP contribution in [0.1, 0.15) is 31.6 Å². The number of nitrogens with zero attached hydrogens (tertiary/aromatic N) is 5. The summed E-state index contributed by atoms with van der Waals surface area (Å²) in [5.41, 5.74) is 2.49. The number of rotatable bonds is 4. The van der Waals surface area contributed by atoms with Crippen molar-refractivity contribution in [3.05, 3.63) is 73.1 Å². The van der Waals surface area contributed by atoms with E-state index in [1.54, 1.807) is 25.5 Å². The maximum atomic E-state index is 12.5. The minimum absolute atomic E-state index is 0.124. The van der Waals surface area contributed by atoms with Crippen molar-refractivity contribution in [2.45, 2.75) is 25.8 Å². The first kappa shape index (κ1) is 19.8. The number of likely N-dealkylation sites (tertiary alicyclic amines) is 1. The summed E-state index contributed by atoms with van der Waals surface area (Å²) in [4.78, 5) is 28.0. The second kappa shape index (κ2) is 8.52. The van der Waals surface area contributed by atoms with E-state index in [1.807, 2.05) is 58.0 Å². The number of carbonyl (C=O) groups excluding carboxylic acids is 1. The van der Waals surface area contributed by atoms with E-state index in [-0.39, 0.29) is 11.9 Å². The molecule has 0 spiro atoms. The summed E-state index contributed by atoms with van der Waals surface area (Å²) in [5, 5.41) is 0. The zero-order chi connectivity index (χ0) is 21.9. The van der Waals surface area contributed by atoms with Crippen molar-refractivity contribution in [2.24, 2.45) is 0 Å². The summed E-state index contributed by atoms with van der Waals surface area (Å²) in [5.74, 6) is 7.26. The molecule has 0 radical (unpaired) electrons. The molecule has 7 heteroatoms. The molecule has 0 bridgehead atoms. The van der Waals surface area contributed by atoms with Gasteiger partial charge in [-0.3, -0.25) is 14.2 Å². The van der Waals surface area contributed by atoms with E-state index in [0.717, 1.165) is 41.2 Å². The topological polar surface area (TPSA) is 72.6 Å². The first-order valence-electron chi connectivity index (χ1n) is 10.5. The highest BCUT2D eigenvalue weighted by Crippen LogP contribution is 2.35. The van der Waals surface area contributed by atoms with E-state index in [0.29, 0.717) is 12.4 Å². The predicted molar refractivity (Wildman–Crippen MR) is 120 cm³/mol. The molecule has 1 aromatic carbocycles. The quantitative estimate of drug-likeness (QED) is 0.459. The fourth-order valence-corrected chi connectivity index (χ4v) is 4.06. The van der Waals surface area contributed by atoms with E-state index < -0.39 is 0 Å². The summed E-state index contributed by atoms with van der Waals surface area (Å²) < 4.78 is 7.81. The van der Waals surface area contributed by atoms with Crippen LogP contribution in [-0.2, 0) is 4.79 Å². The van der Waals surface area contributed by atoms with Crippen LogP contribution in [-0.4, -0.2) is 36.7 Å². The van der Waals surface area contributed by atoms with Crippen molar-refractivity contribution in [2.75, 3.05) is 6.54 Å². The van der Waals surface area contributed by atoms with Crippen LogP contribution in [0, 0.1) is 11.8 Å². The summed E-state index contributed by atoms with van der Waals surface area (Å²) >= 11 is 0. The molecule has 1 amide bonds. The third-order valence-electron chi connectivity index (χ3n) is 5.49. The summed E-state index contributed by atoms with van der Waals surface area (Å²) in [7, 11) is 0. The van der Waals surface area contributed by atoms with Gasteiger partial charge >= 0.3 is 0 Å². The number of fused-ring (bicyclic) bond motifs is 1. The van der Waals surface area contributed by atoms with Gasteiger partial charge in [-0.15, -0.1) is 0 Å². The molecule has 1 unspecified atom stereocenters. The molecular weight excluding hydrogens is 402 g/mol. The average Bonchev–Trinajstić information content (AvgIpc) is 3.46. The van der Waals surface area contributed by atoms with Crippen LogP contribution < -0.4 is 4.74 Å². The van der Waals surface area contributed by atoms with E-state index >= 15 is 0 Å². The van der Waals surface area contributed by atoms with Crippen LogP contribution in [0.5, 0.6) is 11.6 Å². The van der Waals surface area contributed by atoms with Gasteiger partial charge in [0, 0.05) is 36.8 Å². The highest BCUT2D eigenvalue weighted by Gasteiger charge is 2.33. The first-order valence-corrected chi connectivity index (χ1v) is 10.5. The van der Waals surface area contributed by atoms with Crippen LogP contribution in [0.4, 0.5) is 0 Å². The van der Waals surface area contributed by atoms with Gasteiger partial charge in [0.1, 0.15) is 11.6 Å². The molecule has 1 saturated heterocycles. The second-order valence-corrected chi connectivity index (χ2v) is 7.48. The average molecular weight is 423 g/mol. The Kier molecular flexibility index (Phi) is 5.26. The number of ether oxygens (including phenoxy) is 1. The fourth-order valence-electron chi connectivity index (χ4n) is 4.06. The zero-order valence-corrected chi connectivity index (χ0v) is 17.6. The minimum Gasteiger partial charge on any atom is -0.439 e. The number of aromatic nitrogens is 4. The summed E-state index contributed by atoms with van der Waals surface area (Å²) in [6.45, 7) is 2.36. The van der Waals surface area contributed by atoms with Crippen LogP contribution >= 0.6 is 0 Å². The Hall–Kier alpha value is -4.18. The normalized spacial score (nSPS) is 15.4. The maximum absolute atomic E-state index is 12.5. The molecule has 1 fully saturated rings. The number of amides is 1. The fraction of sp³-hybridized carbons (Fsp3) is 0.200. The lowest BCUT2D eigenvalue weighted by atomic mass is 10.2. The lowest BCUT2D eigenvalue weighted by Gasteiger charge is -2.21. The van der Waals surface area contributed by atoms with E-state index in [2.05, 4.69) is 21.8 Å². The predicted octanol–water partition coefficient (Wildman–Crippen LogP) is 4.27. The molecule has 4 aromatic rings. The Bertz CT molecular complexity index is 1320. The van der Waals surface area contributed by atoms with Gasteiger partial charge in [-0.25, -0.2) is 9.97 Å². The number of pyridine rings is 1. The lowest BCUT2D eigenvalue weighted by Crippen LogP contribution is -2.30. The molecule has 32 heavy (non-hydrogen) atoms. The number of imidazole rings is 1. The molecule has 0 aliphatic carbocycles. The van der Waals surface area contributed by atoms with Gasteiger partial charge in [-0.05, 0) is 43.9 Å². The van der Waals surface area contributed by atoms with Crippen LogP contribution in [0.3, 0.4) is 0 Å². The van der Waals surface area contributed by atoms with Crippen molar-refractivity contribution in [3.8, 4) is 34.7 Å². The Labute approximate surface area is 185 Å². The molecule has 3 aromatic heterocycles. The summed E-state index contributed by atoms with van der Waals surface area (Å²) in [6.07, 6.45) is 8.91. The van der Waals surface area contributed by atoms with Gasteiger partial charge in [0.25, 0.3) is 5.91 Å². The molecule has 4 heterocycles. The lowest BCUT2D eigenvalue weighted by molar-refractivity contribution is -0.126. The summed E-state index contributed by atoms with van der Waals surface area (Å²) in [6, 6.07) is 13.2. The molecule has 158 valence electrons. The van der Waals surface area contributed by atoms with Crippen LogP contribution in [0.2, 0.25) is 0 Å². The smallest absolute Gasteiger partial charge is 0.299 e. The van der Waals surface area contributed by atoms with Crippen molar-refractivity contribution >= 4 is 11.4 Å². The molecular formula is C25H21N5O2. The number of hydrogen-bond donors (Lipinski definition) is 0. The van der Waals surface area contributed by atoms with Crippen molar-refractivity contribution in [3.63, 3.8) is 0 Å². The minimum atomic E-state index is -0.161. The molecule has 1 aliphatic rings. The van der Waals surface area contributed by atoms with Gasteiger partial charge in [0.15, 0.2) is 0 Å². The largest absolute Gasteiger partial charge is 0.439 e. The van der Waals surface area contributed by atoms with Gasteiger partial charge in [0.2, 0.25) is 5.88 Å². The molecule has 0 N–H and O–H groups in total. The van der Waals surface area contributed by atoms with Gasteiger partial charge in [0.05, 0.1) is 23.4 Å². The SMILES string of the molecule is CC#CC(=O)N1CCCC1c1nc(-c2ccc(Oc3ccccc3)nc2)c2cnccn12. The van der Waals surface area contributed by atoms with Crippen molar-refractivity contribution in [1.82, 2.24) is 24.3 Å². The Morgan fingerprint density at radius 2 is 2.03 bits per heavy atom. The molecule has 0 saturated carbocycles. The maximum Gasteiger partial charge on any atom is 0.299 e. The molecule has 1 aliphatic heterocycles. The van der Waals surface area contributed by atoms with Crippen molar-refractivity contribution < 1.29 is 9.53 Å². The highest BCUT2D eigenvalue weighted by molar-refractivity contribution is 5.94. The number of hydrogen-bond acceptors (Lipinski definition) is 5. The third kappa shape index (κ3) is 3.67. The standard InChI is InChI=1S/C25H21N5O2/c1-2-7-23(31)29-14-6-10-20(29)25-28-24(21-17-26-13-15-30(21)25)18-11-12-22(27-16-18)32-19-8-4-3-5-9-19/h3-5,8-9,11-13,15-17,20H,6,10,14H2,1H3. The number of carbonyl (C=O) groups is 1. The third-order valence-corrected chi connectivity index (χ3v) is 5.49. The molecule has 7 nitrogen and oxygen atoms in total. The first-order chi connectivity index (χ1) is 15.7. The second-order valence-electron chi connectivity index (χ2n) is 7.48. The van der Waals surface area contributed by atoms with Gasteiger partial charge in [-0.1, -0.05) is 24.1 Å². The van der Waals surface area contributed by atoms with Crippen LogP contribution in [0.15, 0.2) is 67.3 Å². The number of para-hydroxylation sites is 1. The Balaban J connectivity index is 1.50. The Morgan fingerprint density at radius 3 is 2.81 bits per heavy atom. The van der Waals surface area contributed by atoms with E-state index in [4.69, 9.17) is 9.72 Å². The van der Waals surface area contributed by atoms with Gasteiger partial charge in [-0.2, -0.15) is 0 Å². The van der Waals surface area contributed by atoms with Crippen LogP contribution in [0.25, 0.3) is 16.8 Å². The zero-order valence-electron chi connectivity index (χ0n) is 17.6. The number of benzene rings is 1. The highest BCUT2D eigenvalue weighted by atomic mass is 16.5. The van der Waals surface area contributed by atoms with E-state index in [1.165, 1.54) is 0 Å². The Morgan fingerprint density at radius 1 is 1.16 bits per heavy atom. The van der Waals surface area contributed by atoms with E-state index in [9.17, 15) is 4.79 Å². The monoisotopic (exact) mass is 423 g/mol. The van der Waals surface area contributed by atoms with Gasteiger partial charge < -0.3 is 9.64 Å².